The highest BCUT2D eigenvalue weighted by molar-refractivity contribution is 5.78. The molecule has 3 aromatic rings. The van der Waals surface area contributed by atoms with E-state index in [2.05, 4.69) is 69.5 Å². The Kier molecular flexibility index (Phi) is 4.93. The Hall–Kier alpha value is -2.39. The van der Waals surface area contributed by atoms with Gasteiger partial charge in [0.2, 0.25) is 0 Å². The van der Waals surface area contributed by atoms with Gasteiger partial charge in [0.1, 0.15) is 0 Å². The van der Waals surface area contributed by atoms with Crippen LogP contribution in [0, 0.1) is 0 Å². The Morgan fingerprint density at radius 2 is 1.92 bits per heavy atom. The van der Waals surface area contributed by atoms with E-state index in [-0.39, 0.29) is 0 Å². The summed E-state index contributed by atoms with van der Waals surface area (Å²) in [5.41, 5.74) is 6.53. The lowest BCUT2D eigenvalue weighted by atomic mass is 9.99. The maximum Gasteiger partial charge on any atom is 0.0931 e. The summed E-state index contributed by atoms with van der Waals surface area (Å²) in [6.45, 7) is 3.45. The molecule has 3 heteroatoms. The Balaban J connectivity index is 1.25. The molecular weight excluding hydrogens is 306 g/mol. The third kappa shape index (κ3) is 3.83. The summed E-state index contributed by atoms with van der Waals surface area (Å²) in [7, 11) is 0. The molecule has 0 aliphatic carbocycles. The molecule has 0 unspecified atom stereocenters. The maximum atomic E-state index is 4.45. The summed E-state index contributed by atoms with van der Waals surface area (Å²) in [5, 5.41) is 0. The molecule has 128 valence electrons. The number of fused-ring (bicyclic) bond motifs is 1. The van der Waals surface area contributed by atoms with Crippen LogP contribution in [0.5, 0.6) is 0 Å². The van der Waals surface area contributed by atoms with Crippen LogP contribution in [0.25, 0.3) is 16.6 Å². The molecule has 0 saturated carbocycles. The number of para-hydroxylation sites is 1. The third-order valence-corrected chi connectivity index (χ3v) is 5.14. The average molecular weight is 331 g/mol. The van der Waals surface area contributed by atoms with Gasteiger partial charge in [0.15, 0.2) is 0 Å². The first-order chi connectivity index (χ1) is 12.4. The largest absolute Gasteiger partial charge is 0.345 e. The van der Waals surface area contributed by atoms with Crippen LogP contribution in [0.15, 0.2) is 60.9 Å². The van der Waals surface area contributed by atoms with E-state index in [4.69, 9.17) is 0 Å². The monoisotopic (exact) mass is 331 g/mol. The molecule has 1 aromatic heterocycles. The van der Waals surface area contributed by atoms with E-state index in [9.17, 15) is 0 Å². The molecule has 3 nitrogen and oxygen atoms in total. The van der Waals surface area contributed by atoms with Crippen LogP contribution in [0.2, 0.25) is 0 Å². The quantitative estimate of drug-likeness (QED) is 0.665. The molecule has 25 heavy (non-hydrogen) atoms. The van der Waals surface area contributed by atoms with Gasteiger partial charge in [-0.05, 0) is 55.0 Å². The molecule has 0 bridgehead atoms. The molecule has 1 aliphatic rings. The predicted octanol–water partition coefficient (Wildman–Crippen LogP) is 4.67. The van der Waals surface area contributed by atoms with Gasteiger partial charge in [-0.1, -0.05) is 48.5 Å². The lowest BCUT2D eigenvalue weighted by Crippen LogP contribution is -2.29. The van der Waals surface area contributed by atoms with Gasteiger partial charge in [0, 0.05) is 13.1 Å². The van der Waals surface area contributed by atoms with E-state index in [1.54, 1.807) is 6.33 Å². The summed E-state index contributed by atoms with van der Waals surface area (Å²) < 4.78 is 0. The fourth-order valence-corrected chi connectivity index (χ4v) is 3.71. The van der Waals surface area contributed by atoms with Crippen LogP contribution in [0.1, 0.15) is 30.4 Å². The van der Waals surface area contributed by atoms with Crippen molar-refractivity contribution in [1.82, 2.24) is 14.9 Å². The van der Waals surface area contributed by atoms with Gasteiger partial charge in [-0.25, -0.2) is 4.98 Å². The first-order valence-electron chi connectivity index (χ1n) is 9.28. The van der Waals surface area contributed by atoms with Crippen LogP contribution in [0.4, 0.5) is 0 Å². The molecule has 1 N–H and O–H groups in total. The number of aromatic nitrogens is 2. The van der Waals surface area contributed by atoms with E-state index in [0.717, 1.165) is 30.4 Å². The second-order valence-electron chi connectivity index (χ2n) is 6.82. The minimum atomic E-state index is 1.08. The van der Waals surface area contributed by atoms with Gasteiger partial charge in [-0.3, -0.25) is 4.90 Å². The molecule has 0 radical (unpaired) electrons. The first kappa shape index (κ1) is 16.1. The minimum Gasteiger partial charge on any atom is -0.345 e. The summed E-state index contributed by atoms with van der Waals surface area (Å²) in [6.07, 6.45) is 8.94. The number of imidazole rings is 1. The number of hydrogen-bond donors (Lipinski definition) is 1. The zero-order valence-electron chi connectivity index (χ0n) is 14.6. The van der Waals surface area contributed by atoms with Gasteiger partial charge in [0.05, 0.1) is 17.4 Å². The van der Waals surface area contributed by atoms with Gasteiger partial charge < -0.3 is 4.98 Å². The van der Waals surface area contributed by atoms with Crippen molar-refractivity contribution in [1.29, 1.82) is 0 Å². The van der Waals surface area contributed by atoms with Crippen LogP contribution < -0.4 is 0 Å². The van der Waals surface area contributed by atoms with Crippen LogP contribution >= 0.6 is 0 Å². The van der Waals surface area contributed by atoms with E-state index in [1.165, 1.54) is 42.6 Å². The van der Waals surface area contributed by atoms with Crippen molar-refractivity contribution in [3.8, 4) is 0 Å². The first-order valence-corrected chi connectivity index (χ1v) is 9.28. The van der Waals surface area contributed by atoms with Gasteiger partial charge in [-0.2, -0.15) is 0 Å². The molecule has 4 rings (SSSR count). The highest BCUT2D eigenvalue weighted by atomic mass is 15.1. The van der Waals surface area contributed by atoms with Crippen LogP contribution in [0.3, 0.4) is 0 Å². The lowest BCUT2D eigenvalue weighted by Gasteiger charge is -2.26. The number of nitrogens with zero attached hydrogens (tertiary/aromatic N) is 2. The number of unbranched alkanes of at least 4 members (excludes halogenated alkanes) is 1. The fourth-order valence-electron chi connectivity index (χ4n) is 3.71. The second kappa shape index (κ2) is 7.66. The smallest absolute Gasteiger partial charge is 0.0931 e. The van der Waals surface area contributed by atoms with Crippen molar-refractivity contribution in [2.75, 3.05) is 19.6 Å². The van der Waals surface area contributed by atoms with Crippen LogP contribution in [-0.2, 0) is 6.42 Å². The minimum absolute atomic E-state index is 1.08. The Morgan fingerprint density at radius 1 is 1.00 bits per heavy atom. The average Bonchev–Trinajstić information content (AvgIpc) is 3.16. The summed E-state index contributed by atoms with van der Waals surface area (Å²) >= 11 is 0. The lowest BCUT2D eigenvalue weighted by molar-refractivity contribution is 0.295. The predicted molar refractivity (Wildman–Crippen MR) is 105 cm³/mol. The molecular formula is C22H25N3. The highest BCUT2D eigenvalue weighted by Gasteiger charge is 2.12. The molecule has 0 amide bonds. The molecule has 2 aromatic carbocycles. The third-order valence-electron chi connectivity index (χ3n) is 5.14. The SMILES string of the molecule is C1=C(c2ccccc2)CCN(CCCCc2cccc3[nH]cnc23)C1. The summed E-state index contributed by atoms with van der Waals surface area (Å²) in [6, 6.07) is 17.2. The molecule has 0 atom stereocenters. The molecule has 0 saturated heterocycles. The number of rotatable bonds is 6. The van der Waals surface area contributed by atoms with Gasteiger partial charge in [-0.15, -0.1) is 0 Å². The van der Waals surface area contributed by atoms with E-state index >= 15 is 0 Å². The number of hydrogen-bond acceptors (Lipinski definition) is 2. The Bertz CT molecular complexity index is 848. The van der Waals surface area contributed by atoms with E-state index in [0.29, 0.717) is 0 Å². The fraction of sp³-hybridized carbons (Fsp3) is 0.318. The number of nitrogens with one attached hydrogen (secondary N) is 1. The number of aromatic amines is 1. The van der Waals surface area contributed by atoms with Crippen molar-refractivity contribution in [2.24, 2.45) is 0 Å². The Morgan fingerprint density at radius 3 is 2.76 bits per heavy atom. The normalized spacial score (nSPS) is 15.4. The van der Waals surface area contributed by atoms with E-state index < -0.39 is 0 Å². The van der Waals surface area contributed by atoms with Crippen molar-refractivity contribution < 1.29 is 0 Å². The molecule has 1 aliphatic heterocycles. The van der Waals surface area contributed by atoms with Crippen molar-refractivity contribution in [3.63, 3.8) is 0 Å². The topological polar surface area (TPSA) is 31.9 Å². The molecule has 0 fully saturated rings. The van der Waals surface area contributed by atoms with Crippen molar-refractivity contribution >= 4 is 16.6 Å². The standard InChI is InChI=1S/C22H25N3/c1-2-7-18(8-3-1)19-12-15-25(16-13-19)14-5-4-9-20-10-6-11-21-22(20)24-17-23-21/h1-3,6-8,10-12,17H,4-5,9,13-16H2,(H,23,24). The van der Waals surface area contributed by atoms with Crippen LogP contribution in [-0.4, -0.2) is 34.5 Å². The van der Waals surface area contributed by atoms with Gasteiger partial charge in [0.25, 0.3) is 0 Å². The molecule has 2 heterocycles. The number of H-pyrrole nitrogens is 1. The van der Waals surface area contributed by atoms with E-state index in [1.807, 2.05) is 0 Å². The number of aryl methyl sites for hydroxylation is 1. The van der Waals surface area contributed by atoms with Crippen molar-refractivity contribution in [3.05, 3.63) is 72.1 Å². The summed E-state index contributed by atoms with van der Waals surface area (Å²) in [5.74, 6) is 0. The zero-order valence-corrected chi connectivity index (χ0v) is 14.6. The summed E-state index contributed by atoms with van der Waals surface area (Å²) in [4.78, 5) is 10.2. The maximum absolute atomic E-state index is 4.45. The highest BCUT2D eigenvalue weighted by Crippen LogP contribution is 2.22. The van der Waals surface area contributed by atoms with Crippen molar-refractivity contribution in [2.45, 2.75) is 25.7 Å². The van der Waals surface area contributed by atoms with Gasteiger partial charge >= 0.3 is 0 Å². The number of benzene rings is 2. The molecule has 0 spiro atoms. The zero-order chi connectivity index (χ0) is 16.9. The Labute approximate surface area is 149 Å². The second-order valence-corrected chi connectivity index (χ2v) is 6.82.